The number of urea groups is 1. The highest BCUT2D eigenvalue weighted by Gasteiger charge is 2.21. The van der Waals surface area contributed by atoms with Crippen LogP contribution in [-0.2, 0) is 0 Å². The molecule has 0 spiro atoms. The third kappa shape index (κ3) is 6.20. The van der Waals surface area contributed by atoms with Gasteiger partial charge in [-0.05, 0) is 43.8 Å². The maximum Gasteiger partial charge on any atom is 0.314 e. The van der Waals surface area contributed by atoms with Gasteiger partial charge < -0.3 is 20.6 Å². The lowest BCUT2D eigenvalue weighted by atomic mass is 10.1. The van der Waals surface area contributed by atoms with Crippen molar-refractivity contribution in [1.29, 1.82) is 0 Å². The van der Waals surface area contributed by atoms with E-state index in [1.165, 1.54) is 6.42 Å². The number of nitrogens with zero attached hydrogens (tertiary/aromatic N) is 1. The van der Waals surface area contributed by atoms with E-state index >= 15 is 0 Å². The van der Waals surface area contributed by atoms with Crippen LogP contribution in [0.2, 0.25) is 0 Å². The fourth-order valence-corrected chi connectivity index (χ4v) is 3.06. The molecule has 0 aromatic heterocycles. The van der Waals surface area contributed by atoms with Gasteiger partial charge in [0.1, 0.15) is 0 Å². The summed E-state index contributed by atoms with van der Waals surface area (Å²) in [6.45, 7) is 6.77. The first-order chi connectivity index (χ1) is 11.2. The molecule has 1 fully saturated rings. The summed E-state index contributed by atoms with van der Waals surface area (Å²) in [7, 11) is 0. The molecule has 1 aliphatic rings. The smallest absolute Gasteiger partial charge is 0.314 e. The van der Waals surface area contributed by atoms with Gasteiger partial charge in [0, 0.05) is 19.6 Å². The second kappa shape index (κ2) is 9.53. The van der Waals surface area contributed by atoms with Crippen molar-refractivity contribution in [2.45, 2.75) is 32.3 Å². The molecule has 2 rings (SSSR count). The van der Waals surface area contributed by atoms with E-state index in [1.54, 1.807) is 0 Å². The molecule has 1 aliphatic heterocycles. The summed E-state index contributed by atoms with van der Waals surface area (Å²) in [4.78, 5) is 14.3. The maximum absolute atomic E-state index is 11.8. The highest BCUT2D eigenvalue weighted by molar-refractivity contribution is 5.73. The Morgan fingerprint density at radius 1 is 1.35 bits per heavy atom. The van der Waals surface area contributed by atoms with Crippen molar-refractivity contribution in [2.75, 3.05) is 32.7 Å². The minimum absolute atomic E-state index is 0.140. The Kier molecular flexibility index (Phi) is 7.36. The molecule has 0 radical (unpaired) electrons. The largest absolute Gasteiger partial charge is 0.388 e. The first kappa shape index (κ1) is 17.8. The van der Waals surface area contributed by atoms with Crippen molar-refractivity contribution in [1.82, 2.24) is 15.5 Å². The fourth-order valence-electron chi connectivity index (χ4n) is 3.06. The molecule has 128 valence electrons. The predicted molar refractivity (Wildman–Crippen MR) is 92.3 cm³/mol. The van der Waals surface area contributed by atoms with E-state index in [1.807, 2.05) is 30.3 Å². The SMILES string of the molecule is CCCN1CCC(CNC(=O)NCCC(O)c2ccccc2)C1. The van der Waals surface area contributed by atoms with E-state index in [4.69, 9.17) is 0 Å². The van der Waals surface area contributed by atoms with Gasteiger partial charge >= 0.3 is 6.03 Å². The summed E-state index contributed by atoms with van der Waals surface area (Å²) < 4.78 is 0. The Hall–Kier alpha value is -1.59. The molecule has 2 atom stereocenters. The molecule has 5 heteroatoms. The van der Waals surface area contributed by atoms with Crippen LogP contribution < -0.4 is 10.6 Å². The first-order valence-corrected chi connectivity index (χ1v) is 8.66. The summed E-state index contributed by atoms with van der Waals surface area (Å²) in [5.41, 5.74) is 0.886. The lowest BCUT2D eigenvalue weighted by Crippen LogP contribution is -2.39. The Morgan fingerprint density at radius 2 is 2.13 bits per heavy atom. The normalized spacial score (nSPS) is 19.5. The van der Waals surface area contributed by atoms with Gasteiger partial charge in [-0.1, -0.05) is 37.3 Å². The quantitative estimate of drug-likeness (QED) is 0.688. The molecule has 2 amide bonds. The number of amides is 2. The Labute approximate surface area is 139 Å². The van der Waals surface area contributed by atoms with E-state index in [-0.39, 0.29) is 6.03 Å². The van der Waals surface area contributed by atoms with Crippen LogP contribution in [0.3, 0.4) is 0 Å². The van der Waals surface area contributed by atoms with Gasteiger partial charge in [0.15, 0.2) is 0 Å². The second-order valence-electron chi connectivity index (χ2n) is 6.31. The van der Waals surface area contributed by atoms with Crippen molar-refractivity contribution in [3.8, 4) is 0 Å². The number of carbonyl (C=O) groups excluding carboxylic acids is 1. The van der Waals surface area contributed by atoms with E-state index in [9.17, 15) is 9.90 Å². The highest BCUT2D eigenvalue weighted by atomic mass is 16.3. The van der Waals surface area contributed by atoms with Gasteiger partial charge in [0.25, 0.3) is 0 Å². The maximum atomic E-state index is 11.8. The van der Waals surface area contributed by atoms with Crippen molar-refractivity contribution in [3.63, 3.8) is 0 Å². The number of hydrogen-bond acceptors (Lipinski definition) is 3. The van der Waals surface area contributed by atoms with Crippen LogP contribution in [0.5, 0.6) is 0 Å². The lowest BCUT2D eigenvalue weighted by Gasteiger charge is -2.15. The topological polar surface area (TPSA) is 64.6 Å². The Balaban J connectivity index is 1.57. The molecule has 3 N–H and O–H groups in total. The number of rotatable bonds is 8. The van der Waals surface area contributed by atoms with E-state index in [2.05, 4.69) is 22.5 Å². The summed E-state index contributed by atoms with van der Waals surface area (Å²) in [5, 5.41) is 15.8. The van der Waals surface area contributed by atoms with Gasteiger partial charge in [-0.3, -0.25) is 0 Å². The zero-order valence-corrected chi connectivity index (χ0v) is 14.0. The van der Waals surface area contributed by atoms with Crippen LogP contribution in [0.4, 0.5) is 4.79 Å². The molecule has 23 heavy (non-hydrogen) atoms. The number of aliphatic hydroxyl groups excluding tert-OH is 1. The van der Waals surface area contributed by atoms with Gasteiger partial charge in [-0.2, -0.15) is 0 Å². The molecular weight excluding hydrogens is 290 g/mol. The van der Waals surface area contributed by atoms with Gasteiger partial charge in [0.2, 0.25) is 0 Å². The van der Waals surface area contributed by atoms with Crippen molar-refractivity contribution >= 4 is 6.03 Å². The fraction of sp³-hybridized carbons (Fsp3) is 0.611. The van der Waals surface area contributed by atoms with E-state index in [0.29, 0.717) is 18.9 Å². The average molecular weight is 319 g/mol. The second-order valence-corrected chi connectivity index (χ2v) is 6.31. The van der Waals surface area contributed by atoms with Crippen LogP contribution in [0.15, 0.2) is 30.3 Å². The molecular formula is C18H29N3O2. The zero-order chi connectivity index (χ0) is 16.5. The van der Waals surface area contributed by atoms with Crippen molar-refractivity contribution < 1.29 is 9.90 Å². The van der Waals surface area contributed by atoms with Gasteiger partial charge in [0.05, 0.1) is 6.10 Å². The third-order valence-electron chi connectivity index (χ3n) is 4.35. The number of benzene rings is 1. The van der Waals surface area contributed by atoms with Crippen molar-refractivity contribution in [2.24, 2.45) is 5.92 Å². The predicted octanol–water partition coefficient (Wildman–Crippen LogP) is 2.14. The molecule has 2 unspecified atom stereocenters. The molecule has 1 aromatic carbocycles. The summed E-state index contributed by atoms with van der Waals surface area (Å²) >= 11 is 0. The number of hydrogen-bond donors (Lipinski definition) is 3. The molecule has 0 aliphatic carbocycles. The first-order valence-electron chi connectivity index (χ1n) is 8.66. The minimum atomic E-state index is -0.533. The molecule has 1 heterocycles. The number of nitrogens with one attached hydrogen (secondary N) is 2. The van der Waals surface area contributed by atoms with Crippen LogP contribution in [0.25, 0.3) is 0 Å². The molecule has 1 aromatic rings. The van der Waals surface area contributed by atoms with Crippen LogP contribution >= 0.6 is 0 Å². The van der Waals surface area contributed by atoms with Crippen molar-refractivity contribution in [3.05, 3.63) is 35.9 Å². The lowest BCUT2D eigenvalue weighted by molar-refractivity contribution is 0.167. The number of likely N-dealkylation sites (tertiary alicyclic amines) is 1. The third-order valence-corrected chi connectivity index (χ3v) is 4.35. The van der Waals surface area contributed by atoms with Crippen LogP contribution in [0.1, 0.15) is 37.9 Å². The molecule has 5 nitrogen and oxygen atoms in total. The average Bonchev–Trinajstić information content (AvgIpc) is 3.02. The summed E-state index contributed by atoms with van der Waals surface area (Å²) in [6, 6.07) is 9.38. The van der Waals surface area contributed by atoms with Gasteiger partial charge in [-0.25, -0.2) is 4.79 Å². The highest BCUT2D eigenvalue weighted by Crippen LogP contribution is 2.16. The molecule has 1 saturated heterocycles. The standard InChI is InChI=1S/C18H29N3O2/c1-2-11-21-12-9-15(14-21)13-20-18(23)19-10-8-17(22)16-6-4-3-5-7-16/h3-7,15,17,22H,2,8-14H2,1H3,(H2,19,20,23). The summed E-state index contributed by atoms with van der Waals surface area (Å²) in [5.74, 6) is 0.558. The van der Waals surface area contributed by atoms with Crippen LogP contribution in [0, 0.1) is 5.92 Å². The Bertz CT molecular complexity index is 467. The van der Waals surface area contributed by atoms with E-state index < -0.39 is 6.10 Å². The van der Waals surface area contributed by atoms with Crippen LogP contribution in [-0.4, -0.2) is 48.8 Å². The molecule has 0 saturated carbocycles. The number of aliphatic hydroxyl groups is 1. The summed E-state index contributed by atoms with van der Waals surface area (Å²) in [6.07, 6.45) is 2.33. The monoisotopic (exact) mass is 319 g/mol. The van der Waals surface area contributed by atoms with Gasteiger partial charge in [-0.15, -0.1) is 0 Å². The van der Waals surface area contributed by atoms with E-state index in [0.717, 1.165) is 38.2 Å². The zero-order valence-electron chi connectivity index (χ0n) is 14.0. The Morgan fingerprint density at radius 3 is 2.87 bits per heavy atom. The minimum Gasteiger partial charge on any atom is -0.388 e. The number of carbonyl (C=O) groups is 1. The molecule has 0 bridgehead atoms.